The highest BCUT2D eigenvalue weighted by Gasteiger charge is 2.02. The summed E-state index contributed by atoms with van der Waals surface area (Å²) in [7, 11) is 0. The van der Waals surface area contributed by atoms with E-state index in [2.05, 4.69) is 31.2 Å². The van der Waals surface area contributed by atoms with Crippen LogP contribution in [0.3, 0.4) is 0 Å². The minimum absolute atomic E-state index is 0.0874. The molecule has 2 aromatic carbocycles. The Morgan fingerprint density at radius 3 is 2.06 bits per heavy atom. The molecular formula is C16H20O. The summed E-state index contributed by atoms with van der Waals surface area (Å²) in [5.74, 6) is 0. The summed E-state index contributed by atoms with van der Waals surface area (Å²) in [5, 5.41) is 9.23. The van der Waals surface area contributed by atoms with Crippen LogP contribution < -0.4 is 0 Å². The van der Waals surface area contributed by atoms with Gasteiger partial charge >= 0.3 is 0 Å². The molecule has 0 bridgehead atoms. The normalized spacial score (nSPS) is 9.41. The van der Waals surface area contributed by atoms with Gasteiger partial charge in [0.2, 0.25) is 0 Å². The van der Waals surface area contributed by atoms with E-state index in [1.807, 2.05) is 38.1 Å². The SMILES string of the molecule is CC.Cc1ccc(-c2ccccc2CO)cc1. The number of hydrogen-bond acceptors (Lipinski definition) is 1. The van der Waals surface area contributed by atoms with Crippen molar-refractivity contribution in [2.24, 2.45) is 0 Å². The molecule has 0 spiro atoms. The third-order valence-electron chi connectivity index (χ3n) is 2.55. The predicted octanol–water partition coefficient (Wildman–Crippen LogP) is 4.18. The molecule has 0 saturated heterocycles. The Kier molecular flexibility index (Phi) is 5.44. The minimum Gasteiger partial charge on any atom is -0.392 e. The molecule has 2 aromatic rings. The number of aryl methyl sites for hydroxylation is 1. The van der Waals surface area contributed by atoms with Gasteiger partial charge in [-0.2, -0.15) is 0 Å². The van der Waals surface area contributed by atoms with Crippen molar-refractivity contribution in [1.29, 1.82) is 0 Å². The second-order valence-corrected chi connectivity index (χ2v) is 3.68. The van der Waals surface area contributed by atoms with E-state index in [0.29, 0.717) is 0 Å². The molecule has 0 unspecified atom stereocenters. The lowest BCUT2D eigenvalue weighted by Gasteiger charge is -2.07. The highest BCUT2D eigenvalue weighted by Crippen LogP contribution is 2.23. The molecule has 0 heterocycles. The molecule has 0 aromatic heterocycles. The van der Waals surface area contributed by atoms with Gasteiger partial charge in [-0.1, -0.05) is 67.9 Å². The highest BCUT2D eigenvalue weighted by molar-refractivity contribution is 5.67. The molecule has 0 atom stereocenters. The maximum Gasteiger partial charge on any atom is 0.0687 e. The van der Waals surface area contributed by atoms with Crippen LogP contribution in [-0.4, -0.2) is 5.11 Å². The molecule has 0 aliphatic heterocycles. The smallest absolute Gasteiger partial charge is 0.0687 e. The molecule has 17 heavy (non-hydrogen) atoms. The molecule has 0 radical (unpaired) electrons. The van der Waals surface area contributed by atoms with Crippen molar-refractivity contribution in [3.63, 3.8) is 0 Å². The van der Waals surface area contributed by atoms with Crippen LogP contribution >= 0.6 is 0 Å². The van der Waals surface area contributed by atoms with Gasteiger partial charge in [0, 0.05) is 0 Å². The maximum absolute atomic E-state index is 9.23. The van der Waals surface area contributed by atoms with E-state index in [0.717, 1.165) is 16.7 Å². The Morgan fingerprint density at radius 1 is 0.882 bits per heavy atom. The van der Waals surface area contributed by atoms with Gasteiger partial charge in [0.05, 0.1) is 6.61 Å². The van der Waals surface area contributed by atoms with Gasteiger partial charge in [-0.15, -0.1) is 0 Å². The first-order valence-electron chi connectivity index (χ1n) is 6.07. The number of aliphatic hydroxyl groups excluding tert-OH is 1. The third-order valence-corrected chi connectivity index (χ3v) is 2.55. The van der Waals surface area contributed by atoms with Crippen LogP contribution in [-0.2, 0) is 6.61 Å². The van der Waals surface area contributed by atoms with E-state index in [1.165, 1.54) is 5.56 Å². The van der Waals surface area contributed by atoms with Crippen LogP contribution in [0.25, 0.3) is 11.1 Å². The topological polar surface area (TPSA) is 20.2 Å². The Balaban J connectivity index is 0.000000686. The lowest BCUT2D eigenvalue weighted by Crippen LogP contribution is -1.88. The fraction of sp³-hybridized carbons (Fsp3) is 0.250. The monoisotopic (exact) mass is 228 g/mol. The van der Waals surface area contributed by atoms with Gasteiger partial charge in [-0.25, -0.2) is 0 Å². The highest BCUT2D eigenvalue weighted by atomic mass is 16.3. The van der Waals surface area contributed by atoms with Crippen molar-refractivity contribution in [2.45, 2.75) is 27.4 Å². The fourth-order valence-electron chi connectivity index (χ4n) is 1.67. The van der Waals surface area contributed by atoms with Gasteiger partial charge < -0.3 is 5.11 Å². The van der Waals surface area contributed by atoms with E-state index < -0.39 is 0 Å². The van der Waals surface area contributed by atoms with E-state index in [4.69, 9.17) is 0 Å². The molecule has 0 saturated carbocycles. The van der Waals surface area contributed by atoms with Crippen molar-refractivity contribution < 1.29 is 5.11 Å². The van der Waals surface area contributed by atoms with Crippen molar-refractivity contribution in [1.82, 2.24) is 0 Å². The van der Waals surface area contributed by atoms with Crippen LogP contribution in [0, 0.1) is 6.92 Å². The Morgan fingerprint density at radius 2 is 1.47 bits per heavy atom. The van der Waals surface area contributed by atoms with Gasteiger partial charge in [0.1, 0.15) is 0 Å². The van der Waals surface area contributed by atoms with E-state index in [1.54, 1.807) is 0 Å². The molecule has 2 rings (SSSR count). The minimum atomic E-state index is 0.0874. The van der Waals surface area contributed by atoms with Crippen molar-refractivity contribution in [3.05, 3.63) is 59.7 Å². The standard InChI is InChI=1S/C14H14O.C2H6/c1-11-6-8-12(9-7-11)14-5-3-2-4-13(14)10-15;1-2/h2-9,15H,10H2,1H3;1-2H3. The first-order valence-corrected chi connectivity index (χ1v) is 6.07. The second-order valence-electron chi connectivity index (χ2n) is 3.68. The van der Waals surface area contributed by atoms with Crippen molar-refractivity contribution in [2.75, 3.05) is 0 Å². The van der Waals surface area contributed by atoms with Crippen LogP contribution in [0.2, 0.25) is 0 Å². The molecular weight excluding hydrogens is 208 g/mol. The van der Waals surface area contributed by atoms with Gasteiger partial charge in [0.25, 0.3) is 0 Å². The average molecular weight is 228 g/mol. The zero-order valence-corrected chi connectivity index (χ0v) is 10.8. The molecule has 0 fully saturated rings. The Labute approximate surface area is 104 Å². The van der Waals surface area contributed by atoms with Crippen LogP contribution in [0.15, 0.2) is 48.5 Å². The van der Waals surface area contributed by atoms with Crippen LogP contribution in [0.4, 0.5) is 0 Å². The van der Waals surface area contributed by atoms with Gasteiger partial charge in [-0.3, -0.25) is 0 Å². The summed E-state index contributed by atoms with van der Waals surface area (Å²) in [6, 6.07) is 16.3. The summed E-state index contributed by atoms with van der Waals surface area (Å²) in [6.45, 7) is 6.16. The van der Waals surface area contributed by atoms with Gasteiger partial charge in [0.15, 0.2) is 0 Å². The van der Waals surface area contributed by atoms with Crippen molar-refractivity contribution >= 4 is 0 Å². The largest absolute Gasteiger partial charge is 0.392 e. The Bertz CT molecular complexity index is 443. The maximum atomic E-state index is 9.23. The second kappa shape index (κ2) is 6.87. The summed E-state index contributed by atoms with van der Waals surface area (Å²) in [5.41, 5.74) is 4.49. The molecule has 90 valence electrons. The molecule has 1 nitrogen and oxygen atoms in total. The van der Waals surface area contributed by atoms with E-state index >= 15 is 0 Å². The quantitative estimate of drug-likeness (QED) is 0.817. The fourth-order valence-corrected chi connectivity index (χ4v) is 1.67. The van der Waals surface area contributed by atoms with E-state index in [-0.39, 0.29) is 6.61 Å². The summed E-state index contributed by atoms with van der Waals surface area (Å²) >= 11 is 0. The molecule has 0 amide bonds. The average Bonchev–Trinajstić information content (AvgIpc) is 2.42. The summed E-state index contributed by atoms with van der Waals surface area (Å²) in [4.78, 5) is 0. The zero-order chi connectivity index (χ0) is 12.7. The molecule has 1 N–H and O–H groups in total. The van der Waals surface area contributed by atoms with E-state index in [9.17, 15) is 5.11 Å². The number of benzene rings is 2. The predicted molar refractivity (Wildman–Crippen MR) is 73.9 cm³/mol. The summed E-state index contributed by atoms with van der Waals surface area (Å²) < 4.78 is 0. The Hall–Kier alpha value is -1.60. The van der Waals surface area contributed by atoms with Crippen molar-refractivity contribution in [3.8, 4) is 11.1 Å². The van der Waals surface area contributed by atoms with Crippen LogP contribution in [0.1, 0.15) is 25.0 Å². The number of rotatable bonds is 2. The summed E-state index contributed by atoms with van der Waals surface area (Å²) in [6.07, 6.45) is 0. The molecule has 1 heteroatoms. The van der Waals surface area contributed by atoms with Gasteiger partial charge in [-0.05, 0) is 23.6 Å². The number of hydrogen-bond donors (Lipinski definition) is 1. The lowest BCUT2D eigenvalue weighted by molar-refractivity contribution is 0.282. The lowest BCUT2D eigenvalue weighted by atomic mass is 9.99. The molecule has 0 aliphatic carbocycles. The third kappa shape index (κ3) is 3.43. The number of aliphatic hydroxyl groups is 1. The van der Waals surface area contributed by atoms with Crippen LogP contribution in [0.5, 0.6) is 0 Å². The first kappa shape index (κ1) is 13.5. The zero-order valence-electron chi connectivity index (χ0n) is 10.8. The first-order chi connectivity index (χ1) is 8.31. The molecule has 0 aliphatic rings.